The Morgan fingerprint density at radius 2 is 1.79 bits per heavy atom. The van der Waals surface area contributed by atoms with E-state index in [0.29, 0.717) is 18.0 Å². The number of rotatable bonds is 5. The Morgan fingerprint density at radius 1 is 1.21 bits per heavy atom. The molecule has 0 aromatic heterocycles. The molecule has 3 heteroatoms. The second kappa shape index (κ2) is 6.38. The largest absolute Gasteiger partial charge is 0.360 e. The Bertz CT molecular complexity index is 421. The second-order valence-corrected chi connectivity index (χ2v) is 6.08. The van der Waals surface area contributed by atoms with E-state index in [2.05, 4.69) is 55.7 Å². The van der Waals surface area contributed by atoms with Crippen LogP contribution in [0.2, 0.25) is 0 Å². The van der Waals surface area contributed by atoms with Crippen molar-refractivity contribution in [3.05, 3.63) is 35.4 Å². The molecule has 0 radical (unpaired) electrons. The molecule has 0 spiro atoms. The van der Waals surface area contributed by atoms with E-state index in [1.54, 1.807) is 0 Å². The van der Waals surface area contributed by atoms with E-state index < -0.39 is 0 Å². The van der Waals surface area contributed by atoms with Gasteiger partial charge in [-0.05, 0) is 48.5 Å². The van der Waals surface area contributed by atoms with Gasteiger partial charge in [0.1, 0.15) is 0 Å². The molecule has 1 unspecified atom stereocenters. The van der Waals surface area contributed by atoms with Gasteiger partial charge in [-0.1, -0.05) is 45.0 Å². The van der Waals surface area contributed by atoms with Gasteiger partial charge in [-0.15, -0.1) is 0 Å². The highest BCUT2D eigenvalue weighted by Crippen LogP contribution is 2.22. The average molecular weight is 276 g/mol. The first kappa shape index (κ1) is 14.3. The second-order valence-electron chi connectivity index (χ2n) is 5.67. The van der Waals surface area contributed by atoms with Crippen LogP contribution in [0.1, 0.15) is 63.1 Å². The molecule has 0 saturated heterocycles. The number of thiocarbonyl (C=S) groups is 1. The van der Waals surface area contributed by atoms with E-state index in [0.717, 1.165) is 11.5 Å². The molecule has 0 heterocycles. The van der Waals surface area contributed by atoms with Crippen LogP contribution in [0.4, 0.5) is 0 Å². The van der Waals surface area contributed by atoms with Crippen LogP contribution >= 0.6 is 12.2 Å². The van der Waals surface area contributed by atoms with Crippen molar-refractivity contribution in [3.8, 4) is 0 Å². The van der Waals surface area contributed by atoms with Crippen LogP contribution in [-0.4, -0.2) is 11.2 Å². The minimum atomic E-state index is 0.306. The van der Waals surface area contributed by atoms with Crippen LogP contribution in [-0.2, 0) is 0 Å². The Hall–Kier alpha value is -1.09. The molecule has 1 aliphatic rings. The highest BCUT2D eigenvalue weighted by atomic mass is 32.1. The van der Waals surface area contributed by atoms with E-state index in [9.17, 15) is 0 Å². The lowest BCUT2D eigenvalue weighted by molar-refractivity contribution is 0.615. The SMILES string of the molecule is CCC(NC(=S)NC1CC1)c1ccc(C(C)C)cc1. The molecule has 0 amide bonds. The van der Waals surface area contributed by atoms with E-state index in [1.807, 2.05) is 0 Å². The highest BCUT2D eigenvalue weighted by molar-refractivity contribution is 7.80. The monoisotopic (exact) mass is 276 g/mol. The summed E-state index contributed by atoms with van der Waals surface area (Å²) in [4.78, 5) is 0. The number of hydrogen-bond acceptors (Lipinski definition) is 1. The maximum atomic E-state index is 5.36. The van der Waals surface area contributed by atoms with Crippen molar-refractivity contribution < 1.29 is 0 Å². The van der Waals surface area contributed by atoms with Gasteiger partial charge < -0.3 is 10.6 Å². The molecular formula is C16H24N2S. The van der Waals surface area contributed by atoms with E-state index in [-0.39, 0.29) is 0 Å². The first-order chi connectivity index (χ1) is 9.10. The quantitative estimate of drug-likeness (QED) is 0.798. The van der Waals surface area contributed by atoms with Crippen LogP contribution in [0.15, 0.2) is 24.3 Å². The fraction of sp³-hybridized carbons (Fsp3) is 0.562. The predicted octanol–water partition coefficient (Wildman–Crippen LogP) is 3.89. The van der Waals surface area contributed by atoms with Crippen LogP contribution in [0, 0.1) is 0 Å². The third kappa shape index (κ3) is 4.20. The van der Waals surface area contributed by atoms with Gasteiger partial charge in [0.2, 0.25) is 0 Å². The lowest BCUT2D eigenvalue weighted by Gasteiger charge is -2.20. The molecule has 2 N–H and O–H groups in total. The van der Waals surface area contributed by atoms with Gasteiger partial charge in [-0.25, -0.2) is 0 Å². The summed E-state index contributed by atoms with van der Waals surface area (Å²) in [7, 11) is 0. The summed E-state index contributed by atoms with van der Waals surface area (Å²) in [5, 5.41) is 7.56. The third-order valence-electron chi connectivity index (χ3n) is 3.63. The lowest BCUT2D eigenvalue weighted by Crippen LogP contribution is -2.38. The minimum Gasteiger partial charge on any atom is -0.360 e. The summed E-state index contributed by atoms with van der Waals surface area (Å²) >= 11 is 5.36. The summed E-state index contributed by atoms with van der Waals surface area (Å²) in [6, 6.07) is 9.80. The van der Waals surface area contributed by atoms with Gasteiger partial charge in [0.25, 0.3) is 0 Å². The van der Waals surface area contributed by atoms with Gasteiger partial charge in [-0.3, -0.25) is 0 Å². The van der Waals surface area contributed by atoms with Gasteiger partial charge in [0, 0.05) is 6.04 Å². The molecule has 0 bridgehead atoms. The summed E-state index contributed by atoms with van der Waals surface area (Å²) in [6.07, 6.45) is 3.54. The number of nitrogens with one attached hydrogen (secondary N) is 2. The molecule has 19 heavy (non-hydrogen) atoms. The maximum absolute atomic E-state index is 5.36. The first-order valence-corrected chi connectivity index (χ1v) is 7.67. The molecule has 2 rings (SSSR count). The summed E-state index contributed by atoms with van der Waals surface area (Å²) in [5.74, 6) is 0.583. The highest BCUT2D eigenvalue weighted by Gasteiger charge is 2.22. The Morgan fingerprint density at radius 3 is 2.26 bits per heavy atom. The van der Waals surface area contributed by atoms with Crippen molar-refractivity contribution in [1.29, 1.82) is 0 Å². The fourth-order valence-electron chi connectivity index (χ4n) is 2.15. The average Bonchev–Trinajstić information content (AvgIpc) is 3.20. The Kier molecular flexibility index (Phi) is 4.81. The summed E-state index contributed by atoms with van der Waals surface area (Å²) in [5.41, 5.74) is 2.70. The molecule has 1 saturated carbocycles. The molecule has 1 fully saturated rings. The topological polar surface area (TPSA) is 24.1 Å². The van der Waals surface area contributed by atoms with E-state index in [4.69, 9.17) is 12.2 Å². The van der Waals surface area contributed by atoms with Crippen molar-refractivity contribution in [2.75, 3.05) is 0 Å². The fourth-order valence-corrected chi connectivity index (χ4v) is 2.46. The van der Waals surface area contributed by atoms with Crippen LogP contribution in [0.5, 0.6) is 0 Å². The molecule has 0 aliphatic heterocycles. The zero-order chi connectivity index (χ0) is 13.8. The van der Waals surface area contributed by atoms with Crippen molar-refractivity contribution in [2.24, 2.45) is 0 Å². The maximum Gasteiger partial charge on any atom is 0.166 e. The molecule has 1 aromatic rings. The van der Waals surface area contributed by atoms with Crippen molar-refractivity contribution in [1.82, 2.24) is 10.6 Å². The summed E-state index contributed by atoms with van der Waals surface area (Å²) < 4.78 is 0. The normalized spacial score (nSPS) is 16.2. The minimum absolute atomic E-state index is 0.306. The van der Waals surface area contributed by atoms with Crippen molar-refractivity contribution in [3.63, 3.8) is 0 Å². The van der Waals surface area contributed by atoms with Gasteiger partial charge in [-0.2, -0.15) is 0 Å². The standard InChI is InChI=1S/C16H24N2S/c1-4-15(18-16(19)17-14-9-10-14)13-7-5-12(6-8-13)11(2)3/h5-8,11,14-15H,4,9-10H2,1-3H3,(H2,17,18,19). The lowest BCUT2D eigenvalue weighted by atomic mass is 9.98. The molecule has 104 valence electrons. The Labute approximate surface area is 122 Å². The molecule has 1 aromatic carbocycles. The van der Waals surface area contributed by atoms with Crippen LogP contribution < -0.4 is 10.6 Å². The van der Waals surface area contributed by atoms with E-state index >= 15 is 0 Å². The van der Waals surface area contributed by atoms with E-state index in [1.165, 1.54) is 24.0 Å². The smallest absolute Gasteiger partial charge is 0.166 e. The van der Waals surface area contributed by atoms with Crippen LogP contribution in [0.25, 0.3) is 0 Å². The number of hydrogen-bond donors (Lipinski definition) is 2. The van der Waals surface area contributed by atoms with Gasteiger partial charge >= 0.3 is 0 Å². The Balaban J connectivity index is 1.97. The van der Waals surface area contributed by atoms with Crippen LogP contribution in [0.3, 0.4) is 0 Å². The zero-order valence-corrected chi connectivity index (χ0v) is 12.9. The molecule has 1 atom stereocenters. The van der Waals surface area contributed by atoms with Gasteiger partial charge in [0.05, 0.1) is 6.04 Å². The van der Waals surface area contributed by atoms with Crippen molar-refractivity contribution in [2.45, 2.75) is 58.0 Å². The molecule has 1 aliphatic carbocycles. The number of benzene rings is 1. The molecule has 2 nitrogen and oxygen atoms in total. The zero-order valence-electron chi connectivity index (χ0n) is 12.1. The summed E-state index contributed by atoms with van der Waals surface area (Å²) in [6.45, 7) is 6.63. The first-order valence-electron chi connectivity index (χ1n) is 7.27. The molecular weight excluding hydrogens is 252 g/mol. The van der Waals surface area contributed by atoms with Crippen molar-refractivity contribution >= 4 is 17.3 Å². The third-order valence-corrected chi connectivity index (χ3v) is 3.87. The predicted molar refractivity (Wildman–Crippen MR) is 85.5 cm³/mol. The van der Waals surface area contributed by atoms with Gasteiger partial charge in [0.15, 0.2) is 5.11 Å².